The van der Waals surface area contributed by atoms with Crippen LogP contribution in [0.25, 0.3) is 0 Å². The first-order valence-corrected chi connectivity index (χ1v) is 7.82. The Hall–Kier alpha value is -1.10. The third-order valence-corrected chi connectivity index (χ3v) is 4.68. The van der Waals surface area contributed by atoms with Crippen LogP contribution in [-0.2, 0) is 9.59 Å². The van der Waals surface area contributed by atoms with Gasteiger partial charge in [-0.25, -0.2) is 0 Å². The second kappa shape index (κ2) is 7.07. The summed E-state index contributed by atoms with van der Waals surface area (Å²) in [7, 11) is 0. The Balaban J connectivity index is 1.77. The van der Waals surface area contributed by atoms with Crippen molar-refractivity contribution in [2.24, 2.45) is 5.92 Å². The van der Waals surface area contributed by atoms with Crippen molar-refractivity contribution in [2.45, 2.75) is 51.5 Å². The molecular formula is C15H26N2O3. The summed E-state index contributed by atoms with van der Waals surface area (Å²) in [4.78, 5) is 27.4. The molecule has 1 amide bonds. The standard InChI is InChI=1S/C15H26N2O3/c1-12-5-2-3-8-16(12)10-7-14(18)17-9-4-6-13(11-17)15(19)20/h12-13H,2-11H2,1H3,(H,19,20). The van der Waals surface area contributed by atoms with Gasteiger partial charge < -0.3 is 14.9 Å². The molecule has 0 spiro atoms. The van der Waals surface area contributed by atoms with Gasteiger partial charge in [-0.3, -0.25) is 9.59 Å². The molecule has 0 aromatic rings. The summed E-state index contributed by atoms with van der Waals surface area (Å²) in [5.74, 6) is -1.03. The average Bonchev–Trinajstić information content (AvgIpc) is 2.46. The highest BCUT2D eigenvalue weighted by Crippen LogP contribution is 2.19. The van der Waals surface area contributed by atoms with Crippen molar-refractivity contribution in [1.82, 2.24) is 9.80 Å². The number of carbonyl (C=O) groups excluding carboxylic acids is 1. The van der Waals surface area contributed by atoms with Crippen molar-refractivity contribution >= 4 is 11.9 Å². The number of amides is 1. The number of likely N-dealkylation sites (tertiary alicyclic amines) is 2. The monoisotopic (exact) mass is 282 g/mol. The SMILES string of the molecule is CC1CCCCN1CCC(=O)N1CCCC(C(=O)O)C1. The number of carboxylic acids is 1. The molecule has 2 saturated heterocycles. The van der Waals surface area contributed by atoms with E-state index in [-0.39, 0.29) is 11.8 Å². The summed E-state index contributed by atoms with van der Waals surface area (Å²) in [5.41, 5.74) is 0. The van der Waals surface area contributed by atoms with Crippen LogP contribution < -0.4 is 0 Å². The molecule has 2 aliphatic heterocycles. The van der Waals surface area contributed by atoms with Crippen LogP contribution in [0.5, 0.6) is 0 Å². The minimum atomic E-state index is -0.771. The predicted octanol–water partition coefficient (Wildman–Crippen LogP) is 1.57. The second-order valence-electron chi connectivity index (χ2n) is 6.15. The Bertz CT molecular complexity index is 359. The normalized spacial score (nSPS) is 28.4. The quantitative estimate of drug-likeness (QED) is 0.850. The second-order valence-corrected chi connectivity index (χ2v) is 6.15. The van der Waals surface area contributed by atoms with Gasteiger partial charge in [0.05, 0.1) is 5.92 Å². The minimum Gasteiger partial charge on any atom is -0.481 e. The van der Waals surface area contributed by atoms with Crippen molar-refractivity contribution in [3.63, 3.8) is 0 Å². The Labute approximate surface area is 120 Å². The zero-order valence-electron chi connectivity index (χ0n) is 12.4. The summed E-state index contributed by atoms with van der Waals surface area (Å²) < 4.78 is 0. The number of carboxylic acid groups (broad SMARTS) is 1. The van der Waals surface area contributed by atoms with Crippen LogP contribution in [-0.4, -0.2) is 59.0 Å². The van der Waals surface area contributed by atoms with E-state index in [4.69, 9.17) is 5.11 Å². The molecule has 2 rings (SSSR count). The summed E-state index contributed by atoms with van der Waals surface area (Å²) >= 11 is 0. The molecule has 2 unspecified atom stereocenters. The molecule has 5 heteroatoms. The van der Waals surface area contributed by atoms with E-state index >= 15 is 0 Å². The van der Waals surface area contributed by atoms with Gasteiger partial charge in [-0.2, -0.15) is 0 Å². The number of rotatable bonds is 4. The molecule has 1 N–H and O–H groups in total. The number of nitrogens with zero attached hydrogens (tertiary/aromatic N) is 2. The van der Waals surface area contributed by atoms with Crippen LogP contribution >= 0.6 is 0 Å². The summed E-state index contributed by atoms with van der Waals surface area (Å²) in [6, 6.07) is 0.574. The van der Waals surface area contributed by atoms with E-state index in [2.05, 4.69) is 11.8 Å². The fraction of sp³-hybridized carbons (Fsp3) is 0.867. The third-order valence-electron chi connectivity index (χ3n) is 4.68. The zero-order chi connectivity index (χ0) is 14.5. The van der Waals surface area contributed by atoms with E-state index in [1.165, 1.54) is 19.3 Å². The van der Waals surface area contributed by atoms with Crippen LogP contribution in [0, 0.1) is 5.92 Å². The highest BCUT2D eigenvalue weighted by Gasteiger charge is 2.28. The maximum atomic E-state index is 12.2. The van der Waals surface area contributed by atoms with Crippen LogP contribution in [0.2, 0.25) is 0 Å². The molecule has 2 aliphatic rings. The van der Waals surface area contributed by atoms with Crippen molar-refractivity contribution in [2.75, 3.05) is 26.2 Å². The topological polar surface area (TPSA) is 60.9 Å². The molecule has 0 radical (unpaired) electrons. The molecule has 20 heavy (non-hydrogen) atoms. The minimum absolute atomic E-state index is 0.119. The highest BCUT2D eigenvalue weighted by atomic mass is 16.4. The zero-order valence-corrected chi connectivity index (χ0v) is 12.4. The van der Waals surface area contributed by atoms with Gasteiger partial charge in [0.1, 0.15) is 0 Å². The molecular weight excluding hydrogens is 256 g/mol. The molecule has 2 heterocycles. The lowest BCUT2D eigenvalue weighted by Gasteiger charge is -2.35. The summed E-state index contributed by atoms with van der Waals surface area (Å²) in [6.07, 6.45) is 5.77. The fourth-order valence-corrected chi connectivity index (χ4v) is 3.29. The Kier molecular flexibility index (Phi) is 5.40. The molecule has 2 atom stereocenters. The molecule has 114 valence electrons. The van der Waals surface area contributed by atoms with Crippen LogP contribution in [0.1, 0.15) is 45.4 Å². The average molecular weight is 282 g/mol. The van der Waals surface area contributed by atoms with Gasteiger partial charge in [-0.05, 0) is 39.2 Å². The van der Waals surface area contributed by atoms with Crippen molar-refractivity contribution in [3.05, 3.63) is 0 Å². The van der Waals surface area contributed by atoms with E-state index in [9.17, 15) is 9.59 Å². The highest BCUT2D eigenvalue weighted by molar-refractivity contribution is 5.78. The summed E-state index contributed by atoms with van der Waals surface area (Å²) in [6.45, 7) is 5.24. The first-order chi connectivity index (χ1) is 9.58. The van der Waals surface area contributed by atoms with E-state index in [1.807, 2.05) is 0 Å². The van der Waals surface area contributed by atoms with E-state index in [0.717, 1.165) is 26.1 Å². The molecule has 5 nitrogen and oxygen atoms in total. The molecule has 0 aromatic carbocycles. The largest absolute Gasteiger partial charge is 0.481 e. The van der Waals surface area contributed by atoms with Gasteiger partial charge in [-0.15, -0.1) is 0 Å². The Morgan fingerprint density at radius 2 is 1.95 bits per heavy atom. The molecule has 0 aliphatic carbocycles. The Morgan fingerprint density at radius 1 is 1.15 bits per heavy atom. The number of hydrogen-bond acceptors (Lipinski definition) is 3. The number of hydrogen-bond donors (Lipinski definition) is 1. The van der Waals surface area contributed by atoms with E-state index in [1.54, 1.807) is 4.90 Å². The predicted molar refractivity (Wildman–Crippen MR) is 76.4 cm³/mol. The van der Waals surface area contributed by atoms with E-state index in [0.29, 0.717) is 25.4 Å². The van der Waals surface area contributed by atoms with Gasteiger partial charge in [0.15, 0.2) is 0 Å². The molecule has 0 saturated carbocycles. The lowest BCUT2D eigenvalue weighted by atomic mass is 9.98. The third kappa shape index (κ3) is 3.95. The maximum Gasteiger partial charge on any atom is 0.308 e. The number of aliphatic carboxylic acids is 1. The van der Waals surface area contributed by atoms with Crippen molar-refractivity contribution in [1.29, 1.82) is 0 Å². The van der Waals surface area contributed by atoms with Crippen molar-refractivity contribution in [3.8, 4) is 0 Å². The van der Waals surface area contributed by atoms with Gasteiger partial charge in [0.25, 0.3) is 0 Å². The van der Waals surface area contributed by atoms with Gasteiger partial charge >= 0.3 is 5.97 Å². The van der Waals surface area contributed by atoms with Crippen LogP contribution in [0.4, 0.5) is 0 Å². The fourth-order valence-electron chi connectivity index (χ4n) is 3.29. The van der Waals surface area contributed by atoms with Gasteiger partial charge in [0.2, 0.25) is 5.91 Å². The first kappa shape index (κ1) is 15.3. The van der Waals surface area contributed by atoms with Crippen molar-refractivity contribution < 1.29 is 14.7 Å². The lowest BCUT2D eigenvalue weighted by Crippen LogP contribution is -2.44. The maximum absolute atomic E-state index is 12.2. The summed E-state index contributed by atoms with van der Waals surface area (Å²) in [5, 5.41) is 9.06. The first-order valence-electron chi connectivity index (χ1n) is 7.82. The molecule has 0 aromatic heterocycles. The number of piperidine rings is 2. The smallest absolute Gasteiger partial charge is 0.308 e. The molecule has 2 fully saturated rings. The van der Waals surface area contributed by atoms with Crippen LogP contribution in [0.3, 0.4) is 0 Å². The van der Waals surface area contributed by atoms with E-state index < -0.39 is 5.97 Å². The van der Waals surface area contributed by atoms with Gasteiger partial charge in [0, 0.05) is 32.1 Å². The lowest BCUT2D eigenvalue weighted by molar-refractivity contribution is -0.145. The van der Waals surface area contributed by atoms with Crippen LogP contribution in [0.15, 0.2) is 0 Å². The number of carbonyl (C=O) groups is 2. The Morgan fingerprint density at radius 3 is 2.65 bits per heavy atom. The van der Waals surface area contributed by atoms with Gasteiger partial charge in [-0.1, -0.05) is 6.42 Å². The molecule has 0 bridgehead atoms.